The van der Waals surface area contributed by atoms with Crippen LogP contribution >= 0.6 is 0 Å². The van der Waals surface area contributed by atoms with Crippen LogP contribution in [0.3, 0.4) is 0 Å². The molecule has 1 aromatic rings. The van der Waals surface area contributed by atoms with Crippen molar-refractivity contribution in [3.63, 3.8) is 0 Å². The number of nitrogens with one attached hydrogen (secondary N) is 1. The van der Waals surface area contributed by atoms with E-state index in [1.807, 2.05) is 0 Å². The van der Waals surface area contributed by atoms with Gasteiger partial charge >= 0.3 is 5.97 Å². The number of esters is 1. The summed E-state index contributed by atoms with van der Waals surface area (Å²) in [6, 6.07) is 5.39. The number of hydrogen-bond donors (Lipinski definition) is 1. The third-order valence-corrected chi connectivity index (χ3v) is 3.19. The number of hydrogen-bond acceptors (Lipinski definition) is 5. The van der Waals surface area contributed by atoms with Crippen LogP contribution in [0.5, 0.6) is 11.5 Å². The molecule has 0 amide bonds. The summed E-state index contributed by atoms with van der Waals surface area (Å²) < 4.78 is 15.7. The molecular formula is C14H19NO4. The normalized spacial score (nSPS) is 18.1. The fourth-order valence-electron chi connectivity index (χ4n) is 2.12. The van der Waals surface area contributed by atoms with Crippen LogP contribution in [0.15, 0.2) is 18.2 Å². The summed E-state index contributed by atoms with van der Waals surface area (Å²) in [7, 11) is 2.93. The van der Waals surface area contributed by atoms with Crippen LogP contribution in [0.25, 0.3) is 0 Å². The second-order valence-electron chi connectivity index (χ2n) is 4.46. The van der Waals surface area contributed by atoms with Gasteiger partial charge < -0.3 is 19.5 Å². The predicted molar refractivity (Wildman–Crippen MR) is 70.9 cm³/mol. The third-order valence-electron chi connectivity index (χ3n) is 3.19. The average Bonchev–Trinajstić information content (AvgIpc) is 2.97. The van der Waals surface area contributed by atoms with Crippen molar-refractivity contribution in [3.8, 4) is 11.5 Å². The summed E-state index contributed by atoms with van der Waals surface area (Å²) in [5, 5.41) is 3.36. The molecule has 0 aromatic heterocycles. The van der Waals surface area contributed by atoms with Gasteiger partial charge in [-0.1, -0.05) is 0 Å². The van der Waals surface area contributed by atoms with Crippen molar-refractivity contribution in [1.82, 2.24) is 5.32 Å². The van der Waals surface area contributed by atoms with Crippen molar-refractivity contribution >= 4 is 5.97 Å². The second kappa shape index (κ2) is 6.43. The first-order chi connectivity index (χ1) is 9.24. The van der Waals surface area contributed by atoms with Crippen molar-refractivity contribution in [2.45, 2.75) is 18.9 Å². The van der Waals surface area contributed by atoms with Crippen molar-refractivity contribution < 1.29 is 19.0 Å². The molecule has 1 aromatic carbocycles. The molecule has 0 saturated carbocycles. The summed E-state index contributed by atoms with van der Waals surface area (Å²) in [6.45, 7) is 1.61. The Labute approximate surface area is 112 Å². The van der Waals surface area contributed by atoms with Gasteiger partial charge in [-0.15, -0.1) is 0 Å². The number of carbonyl (C=O) groups is 1. The van der Waals surface area contributed by atoms with Crippen LogP contribution in [0.4, 0.5) is 0 Å². The first-order valence-electron chi connectivity index (χ1n) is 6.37. The Morgan fingerprint density at radius 1 is 1.37 bits per heavy atom. The molecule has 0 spiro atoms. The van der Waals surface area contributed by atoms with Gasteiger partial charge in [0.15, 0.2) is 11.5 Å². The van der Waals surface area contributed by atoms with E-state index in [4.69, 9.17) is 14.2 Å². The molecular weight excluding hydrogens is 246 g/mol. The molecule has 104 valence electrons. The first kappa shape index (κ1) is 13.7. The van der Waals surface area contributed by atoms with E-state index in [1.165, 1.54) is 13.5 Å². The highest BCUT2D eigenvalue weighted by Crippen LogP contribution is 2.28. The van der Waals surface area contributed by atoms with Crippen molar-refractivity contribution in [1.29, 1.82) is 0 Å². The highest BCUT2D eigenvalue weighted by Gasteiger charge is 2.16. The predicted octanol–water partition coefficient (Wildman–Crippen LogP) is 1.61. The maximum absolute atomic E-state index is 11.5. The van der Waals surface area contributed by atoms with Crippen LogP contribution in [0.1, 0.15) is 23.2 Å². The highest BCUT2D eigenvalue weighted by molar-refractivity contribution is 5.90. The minimum atomic E-state index is -0.383. The summed E-state index contributed by atoms with van der Waals surface area (Å²) >= 11 is 0. The maximum Gasteiger partial charge on any atom is 0.337 e. The quantitative estimate of drug-likeness (QED) is 0.820. The largest absolute Gasteiger partial charge is 0.493 e. The van der Waals surface area contributed by atoms with Gasteiger partial charge in [-0.05, 0) is 37.6 Å². The van der Waals surface area contributed by atoms with E-state index < -0.39 is 0 Å². The molecule has 1 fully saturated rings. The van der Waals surface area contributed by atoms with Crippen LogP contribution < -0.4 is 14.8 Å². The fraction of sp³-hybridized carbons (Fsp3) is 0.500. The Kier molecular flexibility index (Phi) is 4.63. The Morgan fingerprint density at radius 2 is 2.21 bits per heavy atom. The number of carbonyl (C=O) groups excluding carboxylic acids is 1. The van der Waals surface area contributed by atoms with E-state index in [9.17, 15) is 4.79 Å². The van der Waals surface area contributed by atoms with Gasteiger partial charge in [0.1, 0.15) is 6.61 Å². The number of methoxy groups -OCH3 is 2. The second-order valence-corrected chi connectivity index (χ2v) is 4.46. The van der Waals surface area contributed by atoms with E-state index >= 15 is 0 Å². The Balaban J connectivity index is 2.08. The lowest BCUT2D eigenvalue weighted by atomic mass is 10.2. The van der Waals surface area contributed by atoms with Crippen LogP contribution in [0, 0.1) is 0 Å². The molecule has 2 rings (SSSR count). The van der Waals surface area contributed by atoms with Gasteiger partial charge in [-0.2, -0.15) is 0 Å². The third kappa shape index (κ3) is 3.38. The smallest absolute Gasteiger partial charge is 0.337 e. The molecule has 0 bridgehead atoms. The van der Waals surface area contributed by atoms with Gasteiger partial charge in [0.25, 0.3) is 0 Å². The molecule has 1 aliphatic heterocycles. The van der Waals surface area contributed by atoms with Crippen LogP contribution in [-0.2, 0) is 4.74 Å². The minimum absolute atomic E-state index is 0.367. The van der Waals surface area contributed by atoms with E-state index in [0.717, 1.165) is 13.0 Å². The topological polar surface area (TPSA) is 56.8 Å². The van der Waals surface area contributed by atoms with Crippen molar-refractivity contribution in [2.75, 3.05) is 27.4 Å². The maximum atomic E-state index is 11.5. The molecule has 5 nitrogen and oxygen atoms in total. The summed E-state index contributed by atoms with van der Waals surface area (Å²) in [6.07, 6.45) is 2.28. The number of benzene rings is 1. The number of ether oxygens (including phenoxy) is 3. The lowest BCUT2D eigenvalue weighted by molar-refractivity contribution is 0.0600. The molecule has 1 aliphatic rings. The van der Waals surface area contributed by atoms with Gasteiger partial charge in [0.05, 0.1) is 19.8 Å². The molecule has 5 heteroatoms. The minimum Gasteiger partial charge on any atom is -0.493 e. The summed E-state index contributed by atoms with van der Waals surface area (Å²) in [4.78, 5) is 11.5. The lowest BCUT2D eigenvalue weighted by Gasteiger charge is -2.15. The zero-order valence-corrected chi connectivity index (χ0v) is 11.3. The van der Waals surface area contributed by atoms with Crippen molar-refractivity contribution in [2.24, 2.45) is 0 Å². The van der Waals surface area contributed by atoms with E-state index in [0.29, 0.717) is 29.7 Å². The first-order valence-corrected chi connectivity index (χ1v) is 6.37. The molecule has 0 radical (unpaired) electrons. The summed E-state index contributed by atoms with van der Waals surface area (Å²) in [5.41, 5.74) is 0.456. The SMILES string of the molecule is COC(=O)c1ccc(OC)c(OCC2CCCN2)c1. The molecule has 1 heterocycles. The molecule has 1 saturated heterocycles. The molecule has 1 atom stereocenters. The van der Waals surface area contributed by atoms with Gasteiger partial charge in [0, 0.05) is 6.04 Å². The summed E-state index contributed by atoms with van der Waals surface area (Å²) in [5.74, 6) is 0.802. The Hall–Kier alpha value is -1.75. The van der Waals surface area contributed by atoms with Crippen molar-refractivity contribution in [3.05, 3.63) is 23.8 Å². The average molecular weight is 265 g/mol. The number of rotatable bonds is 5. The molecule has 19 heavy (non-hydrogen) atoms. The Morgan fingerprint density at radius 3 is 2.84 bits per heavy atom. The lowest BCUT2D eigenvalue weighted by Crippen LogP contribution is -2.28. The molecule has 1 N–H and O–H groups in total. The standard InChI is InChI=1S/C14H19NO4/c1-17-12-6-5-10(14(16)18-2)8-13(12)19-9-11-4-3-7-15-11/h5-6,8,11,15H,3-4,7,9H2,1-2H3. The zero-order chi connectivity index (χ0) is 13.7. The monoisotopic (exact) mass is 265 g/mol. The van der Waals surface area contributed by atoms with E-state index in [1.54, 1.807) is 25.3 Å². The Bertz CT molecular complexity index is 441. The van der Waals surface area contributed by atoms with Gasteiger partial charge in [-0.3, -0.25) is 0 Å². The van der Waals surface area contributed by atoms with Crippen LogP contribution in [-0.4, -0.2) is 39.4 Å². The van der Waals surface area contributed by atoms with Gasteiger partial charge in [-0.25, -0.2) is 4.79 Å². The fourth-order valence-corrected chi connectivity index (χ4v) is 2.12. The zero-order valence-electron chi connectivity index (χ0n) is 11.3. The van der Waals surface area contributed by atoms with E-state index in [2.05, 4.69) is 5.32 Å². The van der Waals surface area contributed by atoms with Crippen LogP contribution in [0.2, 0.25) is 0 Å². The highest BCUT2D eigenvalue weighted by atomic mass is 16.5. The molecule has 0 aliphatic carbocycles. The van der Waals surface area contributed by atoms with E-state index in [-0.39, 0.29) is 5.97 Å². The molecule has 1 unspecified atom stereocenters. The van der Waals surface area contributed by atoms with Gasteiger partial charge in [0.2, 0.25) is 0 Å².